The lowest BCUT2D eigenvalue weighted by Gasteiger charge is -2.03. The van der Waals surface area contributed by atoms with E-state index < -0.39 is 28.5 Å². The van der Waals surface area contributed by atoms with E-state index in [4.69, 9.17) is 10.8 Å². The predicted octanol–water partition coefficient (Wildman–Crippen LogP) is -0.784. The van der Waals surface area contributed by atoms with Crippen LogP contribution in [0, 0.1) is 0 Å². The van der Waals surface area contributed by atoms with Gasteiger partial charge in [0.05, 0.1) is 0 Å². The van der Waals surface area contributed by atoms with Crippen molar-refractivity contribution in [3.05, 3.63) is 18.0 Å². The fraction of sp³-hybridized carbons (Fsp3) is 0.400. The van der Waals surface area contributed by atoms with Gasteiger partial charge in [-0.25, -0.2) is 13.2 Å². The maximum atomic E-state index is 11.9. The Bertz CT molecular complexity index is 646. The molecule has 0 saturated heterocycles. The number of nitrogens with zero attached hydrogens (tertiary/aromatic N) is 1. The van der Waals surface area contributed by atoms with E-state index in [0.717, 1.165) is 18.9 Å². The van der Waals surface area contributed by atoms with Gasteiger partial charge in [-0.15, -0.1) is 0 Å². The number of rotatable bonds is 7. The van der Waals surface area contributed by atoms with Crippen molar-refractivity contribution in [3.63, 3.8) is 0 Å². The minimum atomic E-state index is -4.06. The van der Waals surface area contributed by atoms with Gasteiger partial charge >= 0.3 is 5.97 Å². The van der Waals surface area contributed by atoms with E-state index in [9.17, 15) is 18.0 Å². The zero-order valence-electron chi connectivity index (χ0n) is 10.3. The molecule has 1 saturated carbocycles. The zero-order chi connectivity index (χ0) is 14.9. The molecule has 2 rings (SSSR count). The number of carboxylic acid groups (broad SMARTS) is 1. The Morgan fingerprint density at radius 1 is 1.50 bits per heavy atom. The van der Waals surface area contributed by atoms with Gasteiger partial charge in [-0.2, -0.15) is 0 Å². The first-order valence-electron chi connectivity index (χ1n) is 5.68. The molecule has 1 aliphatic carbocycles. The summed E-state index contributed by atoms with van der Waals surface area (Å²) in [4.78, 5) is 27.4. The zero-order valence-corrected chi connectivity index (χ0v) is 11.1. The number of hydrogen-bond donors (Lipinski definition) is 3. The van der Waals surface area contributed by atoms with E-state index in [1.807, 2.05) is 0 Å². The predicted molar refractivity (Wildman–Crippen MR) is 65.1 cm³/mol. The highest BCUT2D eigenvalue weighted by atomic mass is 32.2. The number of carboxylic acids is 1. The third-order valence-corrected chi connectivity index (χ3v) is 3.86. The molecule has 0 bridgehead atoms. The van der Waals surface area contributed by atoms with Crippen LogP contribution in [0.5, 0.6) is 0 Å². The highest BCUT2D eigenvalue weighted by Crippen LogP contribution is 2.37. The highest BCUT2D eigenvalue weighted by molar-refractivity contribution is 7.89. The lowest BCUT2D eigenvalue weighted by Crippen LogP contribution is -2.29. The van der Waals surface area contributed by atoms with Crippen molar-refractivity contribution in [2.45, 2.75) is 23.8 Å². The molecular formula is C10H13N3O6S. The van der Waals surface area contributed by atoms with Crippen molar-refractivity contribution in [1.82, 2.24) is 9.45 Å². The topological polar surface area (TPSA) is 141 Å². The number of aromatic nitrogens is 1. The smallest absolute Gasteiger partial charge is 0.352 e. The molecule has 20 heavy (non-hydrogen) atoms. The number of sulfonamides is 1. The Labute approximate surface area is 114 Å². The molecule has 0 aliphatic heterocycles. The van der Waals surface area contributed by atoms with Crippen molar-refractivity contribution in [2.24, 2.45) is 5.73 Å². The molecule has 10 heteroatoms. The summed E-state index contributed by atoms with van der Waals surface area (Å²) in [6.07, 6.45) is 2.84. The van der Waals surface area contributed by atoms with Crippen LogP contribution in [-0.4, -0.2) is 36.6 Å². The van der Waals surface area contributed by atoms with Crippen molar-refractivity contribution in [2.75, 3.05) is 6.61 Å². The normalized spacial score (nSPS) is 15.2. The summed E-state index contributed by atoms with van der Waals surface area (Å²) >= 11 is 0. The summed E-state index contributed by atoms with van der Waals surface area (Å²) in [7, 11) is -4.06. The summed E-state index contributed by atoms with van der Waals surface area (Å²) in [6, 6.07) is 1.05. The third kappa shape index (κ3) is 3.15. The van der Waals surface area contributed by atoms with Crippen LogP contribution in [0.2, 0.25) is 0 Å². The van der Waals surface area contributed by atoms with Gasteiger partial charge in [0, 0.05) is 12.2 Å². The molecule has 1 aromatic heterocycles. The molecule has 0 atom stereocenters. The van der Waals surface area contributed by atoms with Crippen molar-refractivity contribution in [1.29, 1.82) is 0 Å². The van der Waals surface area contributed by atoms with Crippen LogP contribution in [0.15, 0.2) is 17.2 Å². The summed E-state index contributed by atoms with van der Waals surface area (Å²) in [6.45, 7) is -0.617. The first kappa shape index (κ1) is 14.5. The molecule has 0 unspecified atom stereocenters. The fourth-order valence-electron chi connectivity index (χ4n) is 1.65. The van der Waals surface area contributed by atoms with Gasteiger partial charge in [0.15, 0.2) is 0 Å². The van der Waals surface area contributed by atoms with Gasteiger partial charge < -0.3 is 15.4 Å². The lowest BCUT2D eigenvalue weighted by molar-refractivity contribution is -0.123. The number of primary amides is 1. The fourth-order valence-corrected chi connectivity index (χ4v) is 2.48. The summed E-state index contributed by atoms with van der Waals surface area (Å²) in [5, 5.41) is 9.04. The molecule has 0 radical (unpaired) electrons. The van der Waals surface area contributed by atoms with Crippen molar-refractivity contribution in [3.8, 4) is 0 Å². The first-order chi connectivity index (χ1) is 9.31. The number of hydrogen-bond acceptors (Lipinski definition) is 5. The molecular weight excluding hydrogens is 290 g/mol. The Hall–Kier alpha value is -1.91. The minimum Gasteiger partial charge on any atom is -0.477 e. The Morgan fingerprint density at radius 3 is 2.65 bits per heavy atom. The standard InChI is InChI=1S/C10H13N3O6S/c11-9(14)5-19-12-20(17,18)7-3-8(10(15)16)13(4-7)6-1-2-6/h3-4,6,12H,1-2,5H2,(H2,11,14)(H,15,16). The Kier molecular flexibility index (Phi) is 3.79. The van der Waals surface area contributed by atoms with Crippen LogP contribution in [-0.2, 0) is 19.7 Å². The average Bonchev–Trinajstić information content (AvgIpc) is 3.06. The Balaban J connectivity index is 2.21. The quantitative estimate of drug-likeness (QED) is 0.564. The van der Waals surface area contributed by atoms with E-state index in [1.165, 1.54) is 10.8 Å². The summed E-state index contributed by atoms with van der Waals surface area (Å²) in [5.74, 6) is -2.05. The monoisotopic (exact) mass is 303 g/mol. The van der Waals surface area contributed by atoms with E-state index in [-0.39, 0.29) is 16.6 Å². The van der Waals surface area contributed by atoms with E-state index in [2.05, 4.69) is 4.84 Å². The van der Waals surface area contributed by atoms with Gasteiger partial charge in [0.2, 0.25) is 5.91 Å². The van der Waals surface area contributed by atoms with E-state index >= 15 is 0 Å². The number of amides is 1. The molecule has 1 aromatic rings. The lowest BCUT2D eigenvalue weighted by atomic mass is 10.4. The summed E-state index contributed by atoms with van der Waals surface area (Å²) < 4.78 is 25.1. The molecule has 1 amide bonds. The highest BCUT2D eigenvalue weighted by Gasteiger charge is 2.30. The van der Waals surface area contributed by atoms with Crippen LogP contribution in [0.3, 0.4) is 0 Å². The van der Waals surface area contributed by atoms with Crippen molar-refractivity contribution >= 4 is 21.9 Å². The van der Waals surface area contributed by atoms with Gasteiger partial charge in [-0.1, -0.05) is 4.89 Å². The van der Waals surface area contributed by atoms with E-state index in [1.54, 1.807) is 4.89 Å². The van der Waals surface area contributed by atoms with Gasteiger partial charge in [-0.05, 0) is 18.9 Å². The molecule has 1 aliphatic rings. The van der Waals surface area contributed by atoms with Crippen LogP contribution in [0.25, 0.3) is 0 Å². The molecule has 9 nitrogen and oxygen atoms in total. The largest absolute Gasteiger partial charge is 0.477 e. The summed E-state index contributed by atoms with van der Waals surface area (Å²) in [5.41, 5.74) is 4.69. The SMILES string of the molecule is NC(=O)CONS(=O)(=O)c1cc(C(=O)O)n(C2CC2)c1. The second-order valence-corrected chi connectivity index (χ2v) is 5.99. The van der Waals surface area contributed by atoms with Crippen LogP contribution in [0.4, 0.5) is 0 Å². The van der Waals surface area contributed by atoms with Gasteiger partial charge in [-0.3, -0.25) is 9.63 Å². The average molecular weight is 303 g/mol. The molecule has 0 aromatic carbocycles. The number of aromatic carboxylic acids is 1. The van der Waals surface area contributed by atoms with Crippen LogP contribution < -0.4 is 10.6 Å². The molecule has 1 fully saturated rings. The van der Waals surface area contributed by atoms with Crippen LogP contribution >= 0.6 is 0 Å². The number of carbonyl (C=O) groups excluding carboxylic acids is 1. The number of nitrogens with one attached hydrogen (secondary N) is 1. The minimum absolute atomic E-state index is 0.0107. The van der Waals surface area contributed by atoms with Crippen molar-refractivity contribution < 1.29 is 28.0 Å². The number of nitrogens with two attached hydrogens (primary N) is 1. The molecule has 110 valence electrons. The second-order valence-electron chi connectivity index (χ2n) is 4.35. The van der Waals surface area contributed by atoms with E-state index in [0.29, 0.717) is 0 Å². The first-order valence-corrected chi connectivity index (χ1v) is 7.16. The second kappa shape index (κ2) is 5.23. The maximum absolute atomic E-state index is 11.9. The molecule has 4 N–H and O–H groups in total. The number of carbonyl (C=O) groups is 2. The Morgan fingerprint density at radius 2 is 2.15 bits per heavy atom. The van der Waals surface area contributed by atoms with Crippen LogP contribution in [0.1, 0.15) is 29.4 Å². The third-order valence-electron chi connectivity index (χ3n) is 2.68. The van der Waals surface area contributed by atoms with Gasteiger partial charge in [0.1, 0.15) is 17.2 Å². The van der Waals surface area contributed by atoms with Gasteiger partial charge in [0.25, 0.3) is 10.0 Å². The molecule has 0 spiro atoms. The maximum Gasteiger partial charge on any atom is 0.352 e. The molecule has 1 heterocycles.